The number of methoxy groups -OCH3 is 2. The molecule has 30 heavy (non-hydrogen) atoms. The molecular weight excluding hydrogens is 474 g/mol. The summed E-state index contributed by atoms with van der Waals surface area (Å²) in [5.41, 5.74) is 1.66. The Morgan fingerprint density at radius 2 is 1.83 bits per heavy atom. The van der Waals surface area contributed by atoms with Crippen LogP contribution in [0.3, 0.4) is 0 Å². The summed E-state index contributed by atoms with van der Waals surface area (Å²) in [5, 5.41) is 7.57. The van der Waals surface area contributed by atoms with Crippen LogP contribution in [0.5, 0.6) is 11.5 Å². The molecule has 1 N–H and O–H groups in total. The molecular formula is C21H19BrClN3O4. The van der Waals surface area contributed by atoms with E-state index in [1.807, 2.05) is 24.3 Å². The Balaban J connectivity index is 1.83. The molecule has 0 radical (unpaired) electrons. The van der Waals surface area contributed by atoms with Crippen LogP contribution in [0.2, 0.25) is 5.02 Å². The van der Waals surface area contributed by atoms with E-state index in [-0.39, 0.29) is 16.9 Å². The van der Waals surface area contributed by atoms with Gasteiger partial charge in [0.15, 0.2) is 11.6 Å². The van der Waals surface area contributed by atoms with E-state index in [0.29, 0.717) is 28.6 Å². The monoisotopic (exact) mass is 491 g/mol. The number of hydrogen-bond donors (Lipinski definition) is 1. The first-order valence-electron chi connectivity index (χ1n) is 8.90. The molecule has 3 rings (SSSR count). The predicted octanol–water partition coefficient (Wildman–Crippen LogP) is 4.43. The van der Waals surface area contributed by atoms with Gasteiger partial charge in [-0.15, -0.1) is 0 Å². The molecule has 0 fully saturated rings. The third kappa shape index (κ3) is 5.01. The molecule has 2 aromatic carbocycles. The second kappa shape index (κ2) is 9.77. The van der Waals surface area contributed by atoms with Gasteiger partial charge in [-0.1, -0.05) is 39.7 Å². The Morgan fingerprint density at radius 1 is 1.10 bits per heavy atom. The van der Waals surface area contributed by atoms with E-state index >= 15 is 0 Å². The van der Waals surface area contributed by atoms with Crippen LogP contribution in [0.1, 0.15) is 26.4 Å². The van der Waals surface area contributed by atoms with E-state index in [9.17, 15) is 9.59 Å². The summed E-state index contributed by atoms with van der Waals surface area (Å²) in [6, 6.07) is 13.7. The number of anilines is 1. The molecule has 0 aliphatic carbocycles. The first kappa shape index (κ1) is 21.9. The number of ether oxygens (including phenoxy) is 2. The summed E-state index contributed by atoms with van der Waals surface area (Å²) in [7, 11) is 3.10. The fourth-order valence-corrected chi connectivity index (χ4v) is 3.34. The van der Waals surface area contributed by atoms with Crippen LogP contribution < -0.4 is 14.8 Å². The molecule has 1 aromatic heterocycles. The smallest absolute Gasteiger partial charge is 0.256 e. The minimum atomic E-state index is -0.397. The second-order valence-electron chi connectivity index (χ2n) is 6.28. The zero-order chi connectivity index (χ0) is 21.7. The molecule has 0 unspecified atom stereocenters. The molecule has 1 amide bonds. The number of alkyl halides is 1. The lowest BCUT2D eigenvalue weighted by Crippen LogP contribution is -2.14. The molecule has 0 saturated heterocycles. The number of amides is 1. The Bertz CT molecular complexity index is 1070. The first-order chi connectivity index (χ1) is 14.4. The minimum Gasteiger partial charge on any atom is -0.497 e. The molecule has 0 aliphatic rings. The standard InChI is InChI=1S/C21H19BrClN3O4/c1-29-15-6-3-13(4-7-15)12-26-17(18(27)11-22)10-20(25-26)24-21(28)14-5-8-19(30-2)16(23)9-14/h3-10H,11-12H2,1-2H3,(H,24,25,28). The Labute approximate surface area is 187 Å². The van der Waals surface area contributed by atoms with Crippen molar-refractivity contribution in [1.29, 1.82) is 0 Å². The fraction of sp³-hybridized carbons (Fsp3) is 0.190. The van der Waals surface area contributed by atoms with Crippen LogP contribution in [0.4, 0.5) is 5.82 Å². The van der Waals surface area contributed by atoms with Crippen LogP contribution in [0.25, 0.3) is 0 Å². The predicted molar refractivity (Wildman–Crippen MR) is 118 cm³/mol. The van der Waals surface area contributed by atoms with Gasteiger partial charge >= 0.3 is 0 Å². The summed E-state index contributed by atoms with van der Waals surface area (Å²) in [6.45, 7) is 0.363. The highest BCUT2D eigenvalue weighted by molar-refractivity contribution is 9.09. The Hall–Kier alpha value is -2.84. The van der Waals surface area contributed by atoms with Gasteiger partial charge in [0.25, 0.3) is 5.91 Å². The number of benzene rings is 2. The Morgan fingerprint density at radius 3 is 2.43 bits per heavy atom. The van der Waals surface area contributed by atoms with Crippen molar-refractivity contribution in [2.45, 2.75) is 6.54 Å². The fourth-order valence-electron chi connectivity index (χ4n) is 2.79. The summed E-state index contributed by atoms with van der Waals surface area (Å²) in [5.74, 6) is 0.935. The van der Waals surface area contributed by atoms with Crippen molar-refractivity contribution in [2.75, 3.05) is 24.9 Å². The normalized spacial score (nSPS) is 10.5. The minimum absolute atomic E-state index is 0.142. The average Bonchev–Trinajstić information content (AvgIpc) is 3.15. The third-order valence-corrected chi connectivity index (χ3v) is 5.14. The summed E-state index contributed by atoms with van der Waals surface area (Å²) in [6.07, 6.45) is 0. The highest BCUT2D eigenvalue weighted by Gasteiger charge is 2.17. The van der Waals surface area contributed by atoms with Crippen LogP contribution >= 0.6 is 27.5 Å². The highest BCUT2D eigenvalue weighted by atomic mass is 79.9. The number of carbonyl (C=O) groups excluding carboxylic acids is 2. The maximum Gasteiger partial charge on any atom is 0.256 e. The lowest BCUT2D eigenvalue weighted by Gasteiger charge is -2.07. The van der Waals surface area contributed by atoms with E-state index in [0.717, 1.165) is 11.3 Å². The van der Waals surface area contributed by atoms with E-state index in [4.69, 9.17) is 21.1 Å². The summed E-state index contributed by atoms with van der Waals surface area (Å²) in [4.78, 5) is 24.9. The van der Waals surface area contributed by atoms with Crippen LogP contribution in [-0.4, -0.2) is 41.0 Å². The van der Waals surface area contributed by atoms with Crippen molar-refractivity contribution >= 4 is 45.0 Å². The van der Waals surface area contributed by atoms with Crippen LogP contribution in [0, 0.1) is 0 Å². The quantitative estimate of drug-likeness (QED) is 0.371. The van der Waals surface area contributed by atoms with Crippen molar-refractivity contribution in [3.8, 4) is 11.5 Å². The van der Waals surface area contributed by atoms with Crippen molar-refractivity contribution in [3.05, 3.63) is 70.4 Å². The maximum atomic E-state index is 12.6. The number of Topliss-reactive ketones (excluding diaryl/α,β-unsaturated/α-hetero) is 1. The topological polar surface area (TPSA) is 82.4 Å². The van der Waals surface area contributed by atoms with Crippen LogP contribution in [0.15, 0.2) is 48.5 Å². The molecule has 3 aromatic rings. The van der Waals surface area contributed by atoms with Gasteiger partial charge in [0.2, 0.25) is 0 Å². The number of nitrogens with one attached hydrogen (secondary N) is 1. The van der Waals surface area contributed by atoms with E-state index in [1.54, 1.807) is 30.0 Å². The first-order valence-corrected chi connectivity index (χ1v) is 10.4. The number of nitrogens with zero attached hydrogens (tertiary/aromatic N) is 2. The molecule has 0 spiro atoms. The molecule has 0 bridgehead atoms. The lowest BCUT2D eigenvalue weighted by atomic mass is 10.2. The molecule has 0 atom stereocenters. The second-order valence-corrected chi connectivity index (χ2v) is 7.25. The van der Waals surface area contributed by atoms with E-state index in [1.165, 1.54) is 13.2 Å². The van der Waals surface area contributed by atoms with Crippen LogP contribution in [-0.2, 0) is 6.54 Å². The number of carbonyl (C=O) groups is 2. The number of hydrogen-bond acceptors (Lipinski definition) is 5. The van der Waals surface area contributed by atoms with E-state index in [2.05, 4.69) is 26.3 Å². The van der Waals surface area contributed by atoms with Gasteiger partial charge in [-0.2, -0.15) is 5.10 Å². The van der Waals surface area contributed by atoms with Gasteiger partial charge in [-0.05, 0) is 35.9 Å². The number of ketones is 1. The lowest BCUT2D eigenvalue weighted by molar-refractivity contribution is 0.101. The van der Waals surface area contributed by atoms with Crippen molar-refractivity contribution in [3.63, 3.8) is 0 Å². The van der Waals surface area contributed by atoms with Gasteiger partial charge in [-0.3, -0.25) is 14.3 Å². The van der Waals surface area contributed by atoms with Gasteiger partial charge in [0.1, 0.15) is 17.2 Å². The van der Waals surface area contributed by atoms with Gasteiger partial charge in [0.05, 0.1) is 31.1 Å². The zero-order valence-electron chi connectivity index (χ0n) is 16.3. The zero-order valence-corrected chi connectivity index (χ0v) is 18.7. The highest BCUT2D eigenvalue weighted by Crippen LogP contribution is 2.25. The van der Waals surface area contributed by atoms with Crippen molar-refractivity contribution < 1.29 is 19.1 Å². The van der Waals surface area contributed by atoms with Gasteiger partial charge < -0.3 is 14.8 Å². The molecule has 7 nitrogen and oxygen atoms in total. The molecule has 0 aliphatic heterocycles. The summed E-state index contributed by atoms with van der Waals surface area (Å²) < 4.78 is 11.8. The number of aromatic nitrogens is 2. The maximum absolute atomic E-state index is 12.6. The number of halogens is 2. The van der Waals surface area contributed by atoms with Crippen molar-refractivity contribution in [2.24, 2.45) is 0 Å². The van der Waals surface area contributed by atoms with E-state index < -0.39 is 5.91 Å². The van der Waals surface area contributed by atoms with Gasteiger partial charge in [-0.25, -0.2) is 0 Å². The molecule has 156 valence electrons. The molecule has 9 heteroatoms. The average molecular weight is 493 g/mol. The molecule has 0 saturated carbocycles. The van der Waals surface area contributed by atoms with Gasteiger partial charge in [0, 0.05) is 11.6 Å². The third-order valence-electron chi connectivity index (χ3n) is 4.33. The molecule has 1 heterocycles. The van der Waals surface area contributed by atoms with Crippen molar-refractivity contribution in [1.82, 2.24) is 9.78 Å². The largest absolute Gasteiger partial charge is 0.497 e. The number of rotatable bonds is 8. The Kier molecular flexibility index (Phi) is 7.12. The summed E-state index contributed by atoms with van der Waals surface area (Å²) >= 11 is 9.28. The SMILES string of the molecule is COc1ccc(Cn2nc(NC(=O)c3ccc(OC)c(Cl)c3)cc2C(=O)CBr)cc1.